The van der Waals surface area contributed by atoms with Crippen molar-refractivity contribution in [1.82, 2.24) is 9.91 Å². The number of nitrogens with two attached hydrogens (primary N) is 2. The quantitative estimate of drug-likeness (QED) is 0.279. The molecule has 4 N–H and O–H groups in total. The summed E-state index contributed by atoms with van der Waals surface area (Å²) >= 11 is 0. The fraction of sp³-hybridized carbons (Fsp3) is 0.583. The van der Waals surface area contributed by atoms with E-state index >= 15 is 0 Å². The molecule has 2 bridgehead atoms. The van der Waals surface area contributed by atoms with Crippen molar-refractivity contribution in [2.75, 3.05) is 39.6 Å². The van der Waals surface area contributed by atoms with Gasteiger partial charge < -0.3 is 20.1 Å². The van der Waals surface area contributed by atoms with Crippen LogP contribution in [0.15, 0.2) is 34.4 Å². The van der Waals surface area contributed by atoms with Gasteiger partial charge >= 0.3 is 0 Å². The summed E-state index contributed by atoms with van der Waals surface area (Å²) in [6.45, 7) is 4.70. The van der Waals surface area contributed by atoms with E-state index in [2.05, 4.69) is 39.3 Å². The summed E-state index contributed by atoms with van der Waals surface area (Å²) in [5.41, 5.74) is 4.98. The highest BCUT2D eigenvalue weighted by Crippen LogP contribution is 2.28. The number of hydrogen-bond acceptors (Lipinski definition) is 8. The standard InChI is InChI=1S/C24H34N6O3/c25-28-23(30(26)20-4-5-20)15-31-13-17-3-6-22-18(10-17)7-8-29-12-19(22)11-24(27-16-29)33-14-21-2-1-9-32-21/h3,6,10-11,20-21H,1-2,4-5,7-9,12-16,25-26H2/b28-23-. The Morgan fingerprint density at radius 1 is 1.30 bits per heavy atom. The Kier molecular flexibility index (Phi) is 6.91. The molecule has 9 heteroatoms. The third-order valence-electron chi connectivity index (χ3n) is 6.66. The van der Waals surface area contributed by atoms with E-state index in [1.165, 1.54) is 16.7 Å². The van der Waals surface area contributed by atoms with Crippen molar-refractivity contribution < 1.29 is 14.2 Å². The van der Waals surface area contributed by atoms with E-state index in [9.17, 15) is 0 Å². The van der Waals surface area contributed by atoms with Gasteiger partial charge in [-0.3, -0.25) is 9.91 Å². The van der Waals surface area contributed by atoms with Crippen molar-refractivity contribution in [3.05, 3.63) is 41.0 Å². The van der Waals surface area contributed by atoms with Crippen molar-refractivity contribution >= 4 is 17.3 Å². The van der Waals surface area contributed by atoms with Gasteiger partial charge in [-0.25, -0.2) is 10.8 Å². The van der Waals surface area contributed by atoms with E-state index in [1.54, 1.807) is 5.01 Å². The van der Waals surface area contributed by atoms with Crippen molar-refractivity contribution in [3.63, 3.8) is 0 Å². The van der Waals surface area contributed by atoms with E-state index in [0.717, 1.165) is 57.4 Å². The van der Waals surface area contributed by atoms with E-state index in [0.29, 0.717) is 44.3 Å². The number of amidine groups is 1. The molecule has 0 aromatic heterocycles. The number of hydrogen-bond donors (Lipinski definition) is 2. The molecular formula is C24H34N6O3. The van der Waals surface area contributed by atoms with Gasteiger partial charge in [0.15, 0.2) is 5.84 Å². The largest absolute Gasteiger partial charge is 0.475 e. The van der Waals surface area contributed by atoms with Crippen LogP contribution in [0.4, 0.5) is 0 Å². The maximum atomic E-state index is 6.06. The smallest absolute Gasteiger partial charge is 0.210 e. The van der Waals surface area contributed by atoms with Crippen LogP contribution in [0.3, 0.4) is 0 Å². The summed E-state index contributed by atoms with van der Waals surface area (Å²) in [4.78, 5) is 7.05. The van der Waals surface area contributed by atoms with Crippen LogP contribution in [0.25, 0.3) is 5.57 Å². The second-order valence-electron chi connectivity index (χ2n) is 9.22. The minimum Gasteiger partial charge on any atom is -0.475 e. The monoisotopic (exact) mass is 454 g/mol. The van der Waals surface area contributed by atoms with Gasteiger partial charge in [0.05, 0.1) is 19.4 Å². The van der Waals surface area contributed by atoms with Crippen LogP contribution in [0.2, 0.25) is 0 Å². The van der Waals surface area contributed by atoms with Crippen LogP contribution in [-0.4, -0.2) is 73.4 Å². The summed E-state index contributed by atoms with van der Waals surface area (Å²) in [5.74, 6) is 12.9. The van der Waals surface area contributed by atoms with Gasteiger partial charge in [-0.1, -0.05) is 18.2 Å². The molecule has 5 rings (SSSR count). The molecule has 0 radical (unpaired) electrons. The van der Waals surface area contributed by atoms with Gasteiger partial charge in [-0.15, -0.1) is 0 Å². The van der Waals surface area contributed by atoms with Crippen molar-refractivity contribution in [3.8, 4) is 0 Å². The molecule has 33 heavy (non-hydrogen) atoms. The lowest BCUT2D eigenvalue weighted by Gasteiger charge is -2.19. The van der Waals surface area contributed by atoms with Crippen LogP contribution >= 0.6 is 0 Å². The van der Waals surface area contributed by atoms with Gasteiger partial charge in [0.25, 0.3) is 0 Å². The second kappa shape index (κ2) is 10.2. The van der Waals surface area contributed by atoms with Crippen molar-refractivity contribution in [2.45, 2.75) is 50.9 Å². The molecule has 3 heterocycles. The van der Waals surface area contributed by atoms with Crippen LogP contribution < -0.4 is 11.7 Å². The number of aliphatic imine (C=N–C) groups is 1. The Hall–Kier alpha value is -2.46. The van der Waals surface area contributed by atoms with E-state index < -0.39 is 0 Å². The minimum atomic E-state index is 0.187. The first kappa shape index (κ1) is 22.3. The SMILES string of the molecule is N/N=C(/COCc1ccc2c(c1)CCN1CN=C(OCC3CCCO3)C=C2C1)N(N)C1CC1. The molecule has 1 aliphatic carbocycles. The van der Waals surface area contributed by atoms with Gasteiger partial charge in [0, 0.05) is 31.8 Å². The zero-order valence-corrected chi connectivity index (χ0v) is 19.1. The Morgan fingerprint density at radius 2 is 2.21 bits per heavy atom. The Balaban J connectivity index is 1.23. The minimum absolute atomic E-state index is 0.187. The summed E-state index contributed by atoms with van der Waals surface area (Å²) in [6, 6.07) is 6.92. The maximum Gasteiger partial charge on any atom is 0.210 e. The molecule has 1 saturated carbocycles. The van der Waals surface area contributed by atoms with Crippen molar-refractivity contribution in [2.24, 2.45) is 21.8 Å². The molecule has 0 amide bonds. The summed E-state index contributed by atoms with van der Waals surface area (Å²) in [7, 11) is 0. The van der Waals surface area contributed by atoms with E-state index in [-0.39, 0.29) is 6.10 Å². The topological polar surface area (TPSA) is 111 Å². The molecule has 1 aromatic carbocycles. The first-order valence-electron chi connectivity index (χ1n) is 11.9. The summed E-state index contributed by atoms with van der Waals surface area (Å²) < 4.78 is 17.6. The summed E-state index contributed by atoms with van der Waals surface area (Å²) in [6.07, 6.45) is 7.61. The number of hydrazine groups is 1. The molecular weight excluding hydrogens is 420 g/mol. The lowest BCUT2D eigenvalue weighted by Crippen LogP contribution is -2.42. The van der Waals surface area contributed by atoms with Gasteiger partial charge in [0.1, 0.15) is 13.2 Å². The first-order chi connectivity index (χ1) is 16.2. The molecule has 3 aliphatic heterocycles. The molecule has 178 valence electrons. The first-order valence-corrected chi connectivity index (χ1v) is 11.9. The number of rotatable bonds is 7. The summed E-state index contributed by atoms with van der Waals surface area (Å²) in [5, 5.41) is 5.44. The highest BCUT2D eigenvalue weighted by Gasteiger charge is 2.29. The van der Waals surface area contributed by atoms with Gasteiger partial charge in [-0.05, 0) is 54.4 Å². The van der Waals surface area contributed by atoms with E-state index in [4.69, 9.17) is 25.9 Å². The van der Waals surface area contributed by atoms with E-state index in [1.807, 2.05) is 0 Å². The number of nitrogens with zero attached hydrogens (tertiary/aromatic N) is 4. The van der Waals surface area contributed by atoms with Crippen LogP contribution in [0, 0.1) is 0 Å². The average molecular weight is 455 g/mol. The fourth-order valence-electron chi connectivity index (χ4n) is 4.59. The second-order valence-corrected chi connectivity index (χ2v) is 9.22. The van der Waals surface area contributed by atoms with Crippen molar-refractivity contribution in [1.29, 1.82) is 0 Å². The third-order valence-corrected chi connectivity index (χ3v) is 6.66. The predicted octanol–water partition coefficient (Wildman–Crippen LogP) is 1.62. The zero-order chi connectivity index (χ0) is 22.6. The Morgan fingerprint density at radius 3 is 3.00 bits per heavy atom. The third kappa shape index (κ3) is 5.55. The van der Waals surface area contributed by atoms with Crippen LogP contribution in [-0.2, 0) is 27.2 Å². The molecule has 1 aromatic rings. The molecule has 4 aliphatic rings. The fourth-order valence-corrected chi connectivity index (χ4v) is 4.59. The van der Waals surface area contributed by atoms with Crippen LogP contribution in [0.1, 0.15) is 42.4 Å². The molecule has 2 fully saturated rings. The lowest BCUT2D eigenvalue weighted by molar-refractivity contribution is 0.0641. The Labute approximate surface area is 195 Å². The zero-order valence-electron chi connectivity index (χ0n) is 19.1. The molecule has 0 spiro atoms. The predicted molar refractivity (Wildman–Crippen MR) is 127 cm³/mol. The molecule has 2 atom stereocenters. The number of ether oxygens (including phenoxy) is 3. The number of fused-ring (bicyclic) bond motifs is 4. The highest BCUT2D eigenvalue weighted by molar-refractivity contribution is 5.96. The molecule has 9 nitrogen and oxygen atoms in total. The average Bonchev–Trinajstić information content (AvgIpc) is 3.62. The number of benzene rings is 1. The van der Waals surface area contributed by atoms with Gasteiger partial charge in [0.2, 0.25) is 5.90 Å². The highest BCUT2D eigenvalue weighted by atomic mass is 16.5. The lowest BCUT2D eigenvalue weighted by atomic mass is 9.96. The Bertz CT molecular complexity index is 936. The normalized spacial score (nSPS) is 24.9. The van der Waals surface area contributed by atoms with Gasteiger partial charge in [-0.2, -0.15) is 5.10 Å². The molecule has 1 saturated heterocycles. The van der Waals surface area contributed by atoms with Crippen LogP contribution in [0.5, 0.6) is 0 Å². The molecule has 2 unspecified atom stereocenters. The maximum absolute atomic E-state index is 6.06. The number of hydrazone groups is 1.